The summed E-state index contributed by atoms with van der Waals surface area (Å²) in [5.41, 5.74) is 8.54. The normalized spacial score (nSPS) is 25.7. The number of nitrogens with two attached hydrogens (primary N) is 1. The summed E-state index contributed by atoms with van der Waals surface area (Å²) in [5.74, 6) is 5.23. The summed E-state index contributed by atoms with van der Waals surface area (Å²) in [6.45, 7) is 4.24. The van der Waals surface area contributed by atoms with Gasteiger partial charge in [0.2, 0.25) is 0 Å². The van der Waals surface area contributed by atoms with Crippen molar-refractivity contribution in [3.05, 3.63) is 73.1 Å². The third-order valence-electron chi connectivity index (χ3n) is 10.2. The molecule has 22 nitrogen and oxygen atoms in total. The molecule has 1 aromatic carbocycles. The number of benzene rings is 1. The first kappa shape index (κ1) is 39.4. The van der Waals surface area contributed by atoms with Crippen LogP contribution in [0.3, 0.4) is 0 Å². The Hall–Kier alpha value is -6.03. The number of imidazole rings is 2. The number of fused-ring (bicyclic) bond motifs is 3. The molecule has 0 unspecified atom stereocenters. The van der Waals surface area contributed by atoms with E-state index in [0.29, 0.717) is 46.6 Å². The molecule has 5 N–H and O–H groups in total. The van der Waals surface area contributed by atoms with Gasteiger partial charge < -0.3 is 49.7 Å². The zero-order valence-corrected chi connectivity index (χ0v) is 32.4. The van der Waals surface area contributed by atoms with Crippen LogP contribution in [0.1, 0.15) is 48.8 Å². The second-order valence-corrected chi connectivity index (χ2v) is 14.7. The Morgan fingerprint density at radius 1 is 0.950 bits per heavy atom. The van der Waals surface area contributed by atoms with Gasteiger partial charge in [0.15, 0.2) is 52.4 Å². The first-order valence-corrected chi connectivity index (χ1v) is 19.2. The summed E-state index contributed by atoms with van der Waals surface area (Å²) in [4.78, 5) is 38.6. The standard InChI is InChI=1S/C38H41N13O9/c1-38(2)59-28-24(58-37(30(28)60-38)51-20-45-26-32(41-18-43-34(26)51)46-35(54)21-8-4-3-5-9-21)16-55-12-6-10-22-14-49(48-47-22)11-7-13-56-29-27(53)23(15-52)57-36(29)50-19-44-25-31(39)40-17-42-33(25)50/h3-5,8-9,14,17-20,23-24,27-30,36-37,52-53H,7,11-13,15-16H2,1-2H3,(H2,39,40,42)(H,41,43,46,54)/t23-,24-,27-,28-,29-,30-,36-,37-/m1/s1. The largest absolute Gasteiger partial charge is 0.394 e. The second-order valence-electron chi connectivity index (χ2n) is 14.7. The lowest BCUT2D eigenvalue weighted by molar-refractivity contribution is -0.201. The number of carbonyl (C=O) groups is 1. The molecule has 9 rings (SSSR count). The first-order chi connectivity index (χ1) is 29.2. The maximum Gasteiger partial charge on any atom is 0.256 e. The SMILES string of the molecule is CC1(C)O[C@@H]2[C@H](O1)[C@@H](COCC#Cc1cn(CCCO[C@@H]3[C@H](O)[C@@H](CO)O[C@H]3n3cnc4c(N)ncnc43)nn1)O[C@H]2n1cnc2c(NC(=O)c3ccccc3)ncnc21. The monoisotopic (exact) mass is 823 g/mol. The number of aromatic nitrogens is 11. The summed E-state index contributed by atoms with van der Waals surface area (Å²) in [6.07, 6.45) is 2.31. The molecule has 60 heavy (non-hydrogen) atoms. The van der Waals surface area contributed by atoms with Gasteiger partial charge in [0.25, 0.3) is 5.91 Å². The molecule has 3 saturated heterocycles. The predicted molar refractivity (Wildman–Crippen MR) is 206 cm³/mol. The zero-order chi connectivity index (χ0) is 41.4. The smallest absolute Gasteiger partial charge is 0.256 e. The van der Waals surface area contributed by atoms with E-state index >= 15 is 0 Å². The van der Waals surface area contributed by atoms with Gasteiger partial charge in [0, 0.05) is 18.7 Å². The number of amides is 1. The molecule has 0 bridgehead atoms. The van der Waals surface area contributed by atoms with Crippen LogP contribution in [-0.2, 0) is 35.0 Å². The molecule has 3 aliphatic rings. The Morgan fingerprint density at radius 2 is 1.68 bits per heavy atom. The number of aryl methyl sites for hydroxylation is 1. The molecule has 0 spiro atoms. The number of aliphatic hydroxyl groups excluding tert-OH is 2. The highest BCUT2D eigenvalue weighted by atomic mass is 16.8. The summed E-state index contributed by atoms with van der Waals surface area (Å²) in [5, 5.41) is 31.8. The van der Waals surface area contributed by atoms with Crippen molar-refractivity contribution in [1.82, 2.24) is 54.0 Å². The minimum atomic E-state index is -1.09. The molecule has 312 valence electrons. The number of aliphatic hydroxyl groups is 2. The van der Waals surface area contributed by atoms with E-state index in [1.807, 2.05) is 19.9 Å². The van der Waals surface area contributed by atoms with Gasteiger partial charge in [-0.05, 0) is 38.3 Å². The van der Waals surface area contributed by atoms with E-state index in [1.54, 1.807) is 50.6 Å². The van der Waals surface area contributed by atoms with Gasteiger partial charge >= 0.3 is 0 Å². The van der Waals surface area contributed by atoms with Crippen molar-refractivity contribution in [1.29, 1.82) is 0 Å². The van der Waals surface area contributed by atoms with E-state index in [4.69, 9.17) is 34.2 Å². The lowest BCUT2D eigenvalue weighted by atomic mass is 10.1. The Bertz CT molecular complexity index is 2540. The molecule has 3 aliphatic heterocycles. The van der Waals surface area contributed by atoms with Crippen LogP contribution in [0.2, 0.25) is 0 Å². The highest BCUT2D eigenvalue weighted by Crippen LogP contribution is 2.44. The molecule has 8 heterocycles. The molecule has 3 fully saturated rings. The number of anilines is 2. The minimum Gasteiger partial charge on any atom is -0.394 e. The molecule has 22 heteroatoms. The molecule has 0 aliphatic carbocycles. The number of hydrogen-bond acceptors (Lipinski definition) is 18. The molecule has 1 amide bonds. The predicted octanol–water partition coefficient (Wildman–Crippen LogP) is 0.604. The number of nitrogen functional groups attached to an aromatic ring is 1. The summed E-state index contributed by atoms with van der Waals surface area (Å²) < 4.78 is 41.9. The zero-order valence-electron chi connectivity index (χ0n) is 32.4. The molecular formula is C38H41N13O9. The lowest BCUT2D eigenvalue weighted by Crippen LogP contribution is -2.35. The fraction of sp³-hybridized carbons (Fsp3) is 0.447. The van der Waals surface area contributed by atoms with Gasteiger partial charge in [-0.15, -0.1) is 5.10 Å². The number of ether oxygens (including phenoxy) is 6. The van der Waals surface area contributed by atoms with Gasteiger partial charge in [-0.3, -0.25) is 18.6 Å². The number of carbonyl (C=O) groups excluding carboxylic acids is 1. The van der Waals surface area contributed by atoms with Gasteiger partial charge in [0.1, 0.15) is 61.4 Å². The average Bonchev–Trinajstić information content (AvgIpc) is 4.11. The minimum absolute atomic E-state index is 0.0885. The van der Waals surface area contributed by atoms with Crippen LogP contribution in [-0.4, -0.2) is 139 Å². The van der Waals surface area contributed by atoms with Crippen LogP contribution in [0.25, 0.3) is 22.3 Å². The van der Waals surface area contributed by atoms with Crippen LogP contribution in [0.15, 0.2) is 61.8 Å². The molecule has 0 saturated carbocycles. The maximum atomic E-state index is 12.9. The van der Waals surface area contributed by atoms with Crippen molar-refractivity contribution in [2.24, 2.45) is 0 Å². The van der Waals surface area contributed by atoms with E-state index in [1.165, 1.54) is 19.0 Å². The van der Waals surface area contributed by atoms with Crippen LogP contribution >= 0.6 is 0 Å². The Morgan fingerprint density at radius 3 is 2.50 bits per heavy atom. The highest BCUT2D eigenvalue weighted by molar-refractivity contribution is 6.06. The van der Waals surface area contributed by atoms with Crippen LogP contribution in [0.4, 0.5) is 11.6 Å². The third kappa shape index (κ3) is 7.75. The van der Waals surface area contributed by atoms with E-state index in [2.05, 4.69) is 57.4 Å². The Balaban J connectivity index is 0.775. The summed E-state index contributed by atoms with van der Waals surface area (Å²) in [7, 11) is 0. The Labute approximate surface area is 341 Å². The highest BCUT2D eigenvalue weighted by Gasteiger charge is 2.56. The van der Waals surface area contributed by atoms with Crippen molar-refractivity contribution in [2.45, 2.75) is 81.7 Å². The molecular weight excluding hydrogens is 782 g/mol. The fourth-order valence-electron chi connectivity index (χ4n) is 7.51. The topological polar surface area (TPSA) is 269 Å². The molecule has 6 aromatic rings. The average molecular weight is 824 g/mol. The van der Waals surface area contributed by atoms with E-state index in [9.17, 15) is 15.0 Å². The molecule has 0 radical (unpaired) electrons. The van der Waals surface area contributed by atoms with Crippen molar-refractivity contribution in [3.63, 3.8) is 0 Å². The van der Waals surface area contributed by atoms with Crippen molar-refractivity contribution >= 4 is 39.9 Å². The number of nitrogens with zero attached hydrogens (tertiary/aromatic N) is 11. The fourth-order valence-corrected chi connectivity index (χ4v) is 7.51. The number of hydrogen-bond donors (Lipinski definition) is 4. The van der Waals surface area contributed by atoms with E-state index in [0.717, 1.165) is 0 Å². The van der Waals surface area contributed by atoms with Crippen LogP contribution < -0.4 is 11.1 Å². The second kappa shape index (κ2) is 16.6. The number of rotatable bonds is 13. The van der Waals surface area contributed by atoms with Crippen LogP contribution in [0, 0.1) is 11.8 Å². The quantitative estimate of drug-likeness (QED) is 0.0917. The summed E-state index contributed by atoms with van der Waals surface area (Å²) >= 11 is 0. The third-order valence-corrected chi connectivity index (χ3v) is 10.2. The maximum absolute atomic E-state index is 12.9. The van der Waals surface area contributed by atoms with Gasteiger partial charge in [0.05, 0.1) is 32.1 Å². The van der Waals surface area contributed by atoms with Crippen molar-refractivity contribution in [2.75, 3.05) is 37.5 Å². The number of nitrogens with one attached hydrogen (secondary N) is 1. The van der Waals surface area contributed by atoms with E-state index in [-0.39, 0.29) is 37.4 Å². The van der Waals surface area contributed by atoms with Crippen molar-refractivity contribution < 1.29 is 43.4 Å². The lowest BCUT2D eigenvalue weighted by Gasteiger charge is -2.24. The Kier molecular flexibility index (Phi) is 10.9. The molecule has 8 atom stereocenters. The van der Waals surface area contributed by atoms with Crippen molar-refractivity contribution in [3.8, 4) is 11.8 Å². The van der Waals surface area contributed by atoms with Gasteiger partial charge in [-0.25, -0.2) is 29.9 Å². The summed E-state index contributed by atoms with van der Waals surface area (Å²) in [6, 6.07) is 8.82. The first-order valence-electron chi connectivity index (χ1n) is 19.2. The molecule has 5 aromatic heterocycles. The van der Waals surface area contributed by atoms with E-state index < -0.39 is 61.5 Å². The van der Waals surface area contributed by atoms with Gasteiger partial charge in [-0.1, -0.05) is 29.3 Å². The van der Waals surface area contributed by atoms with Gasteiger partial charge in [-0.2, -0.15) is 0 Å². The van der Waals surface area contributed by atoms with Crippen LogP contribution in [0.5, 0.6) is 0 Å².